The summed E-state index contributed by atoms with van der Waals surface area (Å²) in [5, 5.41) is 49.4. The highest BCUT2D eigenvalue weighted by molar-refractivity contribution is 6.32. The molecule has 0 aliphatic heterocycles. The van der Waals surface area contributed by atoms with Crippen LogP contribution in [0.15, 0.2) is 0 Å². The van der Waals surface area contributed by atoms with Gasteiger partial charge in [-0.15, -0.1) is 0 Å². The number of hydrogen-bond acceptors (Lipinski definition) is 8. The highest BCUT2D eigenvalue weighted by Gasteiger charge is 2.22. The molecular formula is C5H14B2O8. The second-order valence-corrected chi connectivity index (χ2v) is 2.33. The smallest absolute Gasteiger partial charge is 0.421 e. The van der Waals surface area contributed by atoms with E-state index in [1.54, 1.807) is 0 Å². The summed E-state index contributed by atoms with van der Waals surface area (Å²) in [4.78, 5) is 9.76. The van der Waals surface area contributed by atoms with Crippen molar-refractivity contribution in [1.82, 2.24) is 0 Å². The van der Waals surface area contributed by atoms with Crippen LogP contribution in [-0.2, 0) is 9.37 Å². The molecule has 0 spiro atoms. The lowest BCUT2D eigenvalue weighted by molar-refractivity contribution is -0.127. The molecule has 3 atom stereocenters. The molecule has 0 saturated heterocycles. The fourth-order valence-electron chi connectivity index (χ4n) is 0.457. The summed E-state index contributed by atoms with van der Waals surface area (Å²) in [6.45, 7) is -0.688. The summed E-state index contributed by atoms with van der Waals surface area (Å²) in [5.74, 6) is 0. The van der Waals surface area contributed by atoms with Gasteiger partial charge in [0.05, 0.1) is 6.61 Å². The topological polar surface area (TPSA) is 148 Å². The molecule has 8 nitrogen and oxygen atoms in total. The van der Waals surface area contributed by atoms with Gasteiger partial charge in [0, 0.05) is 0 Å². The van der Waals surface area contributed by atoms with Crippen LogP contribution in [0.5, 0.6) is 0 Å². The Balaban J connectivity index is 0. The molecule has 0 saturated carbocycles. The van der Waals surface area contributed by atoms with E-state index < -0.39 is 40.3 Å². The number of aliphatic hydroxyl groups is 4. The highest BCUT2D eigenvalue weighted by atomic mass is 16.5. The van der Waals surface area contributed by atoms with Crippen molar-refractivity contribution in [3.63, 3.8) is 0 Å². The maximum absolute atomic E-state index is 9.76. The van der Waals surface area contributed by atoms with Gasteiger partial charge in [-0.1, -0.05) is 0 Å². The van der Waals surface area contributed by atoms with Crippen LogP contribution in [0, 0.1) is 0 Å². The lowest BCUT2D eigenvalue weighted by Crippen LogP contribution is -2.40. The summed E-state index contributed by atoms with van der Waals surface area (Å²) >= 11 is 0. The average Bonchev–Trinajstić information content (AvgIpc) is 2.27. The molecule has 6 N–H and O–H groups in total. The molecular weight excluding hydrogens is 210 g/mol. The third-order valence-electron chi connectivity index (χ3n) is 1.25. The molecule has 0 heterocycles. The molecule has 0 radical (unpaired) electrons. The van der Waals surface area contributed by atoms with E-state index in [1.807, 2.05) is 0 Å². The number of carbonyl (C=O) groups excluding carboxylic acids is 1. The van der Waals surface area contributed by atoms with Crippen LogP contribution < -0.4 is 0 Å². The Labute approximate surface area is 87.4 Å². The molecule has 0 unspecified atom stereocenters. The zero-order valence-electron chi connectivity index (χ0n) is 7.93. The van der Waals surface area contributed by atoms with E-state index in [0.717, 1.165) is 0 Å². The zero-order valence-corrected chi connectivity index (χ0v) is 7.93. The maximum Gasteiger partial charge on any atom is 0.421 e. The minimum atomic E-state index is -1.64. The first-order valence-corrected chi connectivity index (χ1v) is 3.94. The van der Waals surface area contributed by atoms with Crippen LogP contribution in [0.4, 0.5) is 0 Å². The zero-order chi connectivity index (χ0) is 12.3. The van der Waals surface area contributed by atoms with Crippen LogP contribution in [-0.4, -0.2) is 77.0 Å². The molecule has 0 aromatic carbocycles. The van der Waals surface area contributed by atoms with Crippen molar-refractivity contribution in [3.05, 3.63) is 0 Å². The normalized spacial score (nSPS) is 15.3. The Morgan fingerprint density at radius 1 is 1.20 bits per heavy atom. The minimum absolute atomic E-state index is 0.0869. The number of aldehydes is 1. The van der Waals surface area contributed by atoms with Crippen LogP contribution in [0.3, 0.4) is 0 Å². The SMILES string of the molecule is O=C[C@H](O)[C@@H](O)[C@H](O)CO.OBOBO. The van der Waals surface area contributed by atoms with Gasteiger partial charge in [0.25, 0.3) is 0 Å². The van der Waals surface area contributed by atoms with Crippen LogP contribution in [0.2, 0.25) is 0 Å². The maximum atomic E-state index is 9.76. The average molecular weight is 224 g/mol. The fraction of sp³-hybridized carbons (Fsp3) is 0.800. The monoisotopic (exact) mass is 224 g/mol. The van der Waals surface area contributed by atoms with Crippen molar-refractivity contribution >= 4 is 21.7 Å². The van der Waals surface area contributed by atoms with Gasteiger partial charge in [0.2, 0.25) is 0 Å². The Morgan fingerprint density at radius 2 is 1.67 bits per heavy atom. The highest BCUT2D eigenvalue weighted by Crippen LogP contribution is 1.96. The summed E-state index contributed by atoms with van der Waals surface area (Å²) in [6.07, 6.45) is -4.63. The summed E-state index contributed by atoms with van der Waals surface area (Å²) in [7, 11) is -0.812. The number of hydrogen-bond donors (Lipinski definition) is 6. The van der Waals surface area contributed by atoms with E-state index in [1.165, 1.54) is 0 Å². The van der Waals surface area contributed by atoms with Crippen molar-refractivity contribution in [3.8, 4) is 0 Å². The molecule has 10 heteroatoms. The third kappa shape index (κ3) is 9.82. The first-order chi connectivity index (χ1) is 7.04. The first-order valence-electron chi connectivity index (χ1n) is 3.94. The Kier molecular flexibility index (Phi) is 13.1. The number of carbonyl (C=O) groups is 1. The van der Waals surface area contributed by atoms with E-state index in [-0.39, 0.29) is 6.29 Å². The lowest BCUT2D eigenvalue weighted by Gasteiger charge is -2.16. The molecule has 15 heavy (non-hydrogen) atoms. The van der Waals surface area contributed by atoms with Gasteiger partial charge >= 0.3 is 15.4 Å². The predicted octanol–water partition coefficient (Wildman–Crippen LogP) is -5.22. The van der Waals surface area contributed by atoms with E-state index in [4.69, 9.17) is 30.5 Å². The molecule has 0 aromatic rings. The van der Waals surface area contributed by atoms with Gasteiger partial charge in [-0.05, 0) is 0 Å². The Hall–Kier alpha value is -0.480. The molecule has 0 aromatic heterocycles. The molecule has 0 amide bonds. The molecule has 0 bridgehead atoms. The van der Waals surface area contributed by atoms with Gasteiger partial charge in [-0.2, -0.15) is 0 Å². The van der Waals surface area contributed by atoms with Crippen LogP contribution >= 0.6 is 0 Å². The van der Waals surface area contributed by atoms with Crippen molar-refractivity contribution in [2.75, 3.05) is 6.61 Å². The standard InChI is InChI=1S/C5H10O5.B2H4O3/c6-1-3(8)5(10)4(9)2-7;3-1-5-2-4/h1,3-5,7-10H,2H2;1-4H/t3-,4+,5+;/m0./s1. The first kappa shape index (κ1) is 16.9. The van der Waals surface area contributed by atoms with Crippen molar-refractivity contribution in [2.24, 2.45) is 0 Å². The predicted molar refractivity (Wildman–Crippen MR) is 51.0 cm³/mol. The lowest BCUT2D eigenvalue weighted by atomic mass is 10.1. The second kappa shape index (κ2) is 11.6. The van der Waals surface area contributed by atoms with Crippen LogP contribution in [0.1, 0.15) is 0 Å². The largest absolute Gasteiger partial charge is 0.457 e. The number of rotatable bonds is 6. The second-order valence-electron chi connectivity index (χ2n) is 2.33. The molecule has 0 rings (SSSR count). The summed E-state index contributed by atoms with van der Waals surface area (Å²) in [5.41, 5.74) is 0. The Morgan fingerprint density at radius 3 is 1.87 bits per heavy atom. The van der Waals surface area contributed by atoms with Gasteiger partial charge in [0.1, 0.15) is 18.3 Å². The van der Waals surface area contributed by atoms with Gasteiger partial charge in [-0.3, -0.25) is 0 Å². The minimum Gasteiger partial charge on any atom is -0.457 e. The van der Waals surface area contributed by atoms with E-state index >= 15 is 0 Å². The molecule has 0 aliphatic carbocycles. The van der Waals surface area contributed by atoms with Gasteiger partial charge < -0.3 is 39.8 Å². The molecule has 88 valence electrons. The van der Waals surface area contributed by atoms with Gasteiger partial charge in [0.15, 0.2) is 6.29 Å². The fourth-order valence-corrected chi connectivity index (χ4v) is 0.457. The Bertz CT molecular complexity index is 145. The van der Waals surface area contributed by atoms with Gasteiger partial charge in [-0.25, -0.2) is 0 Å². The van der Waals surface area contributed by atoms with Crippen molar-refractivity contribution < 1.29 is 39.8 Å². The van der Waals surface area contributed by atoms with E-state index in [0.29, 0.717) is 0 Å². The van der Waals surface area contributed by atoms with E-state index in [9.17, 15) is 4.79 Å². The van der Waals surface area contributed by atoms with E-state index in [2.05, 4.69) is 4.57 Å². The quantitative estimate of drug-likeness (QED) is 0.193. The van der Waals surface area contributed by atoms with Crippen LogP contribution in [0.25, 0.3) is 0 Å². The third-order valence-corrected chi connectivity index (χ3v) is 1.25. The summed E-state index contributed by atoms with van der Waals surface area (Å²) < 4.78 is 3.94. The van der Waals surface area contributed by atoms with Crippen molar-refractivity contribution in [1.29, 1.82) is 0 Å². The summed E-state index contributed by atoms with van der Waals surface area (Å²) in [6, 6.07) is 0. The molecule has 0 fully saturated rings. The molecule has 0 aliphatic rings. The number of aliphatic hydroxyl groups excluding tert-OH is 4. The van der Waals surface area contributed by atoms with Crippen molar-refractivity contribution in [2.45, 2.75) is 18.3 Å².